The molecule has 0 saturated carbocycles. The van der Waals surface area contributed by atoms with Crippen molar-refractivity contribution < 1.29 is 4.42 Å². The van der Waals surface area contributed by atoms with Crippen LogP contribution in [0.25, 0.3) is 76.9 Å². The van der Waals surface area contributed by atoms with Crippen LogP contribution in [0.5, 0.6) is 0 Å². The largest absolute Gasteiger partial charge is 0.455 e. The Kier molecular flexibility index (Phi) is 6.93. The van der Waals surface area contributed by atoms with Crippen LogP contribution < -0.4 is 4.90 Å². The maximum Gasteiger partial charge on any atom is 0.143 e. The van der Waals surface area contributed by atoms with E-state index in [1.807, 2.05) is 0 Å². The SMILES string of the molecule is CC1(C)c2ccccc2-c2cccc(-c3ccc(N(c4cccc(-c5cccc6oc7c8ccccc8ccc7c56)c4)c4cccc5ccccc45)cc3)c21. The summed E-state index contributed by atoms with van der Waals surface area (Å²) in [6.07, 6.45) is 0. The fourth-order valence-electron chi connectivity index (χ4n) is 9.32. The second-order valence-corrected chi connectivity index (χ2v) is 15.3. The van der Waals surface area contributed by atoms with Gasteiger partial charge < -0.3 is 9.32 Å². The zero-order valence-electron chi connectivity index (χ0n) is 30.8. The molecule has 10 aromatic rings. The molecule has 0 fully saturated rings. The van der Waals surface area contributed by atoms with Gasteiger partial charge in [0.2, 0.25) is 0 Å². The average molecular weight is 704 g/mol. The molecule has 1 aliphatic rings. The quantitative estimate of drug-likeness (QED) is 0.177. The maximum atomic E-state index is 6.59. The van der Waals surface area contributed by atoms with Gasteiger partial charge in [-0.3, -0.25) is 0 Å². The Hall–Kier alpha value is -6.90. The minimum atomic E-state index is -0.0904. The van der Waals surface area contributed by atoms with Gasteiger partial charge in [-0.05, 0) is 97.7 Å². The Balaban J connectivity index is 1.07. The van der Waals surface area contributed by atoms with Gasteiger partial charge in [-0.2, -0.15) is 0 Å². The summed E-state index contributed by atoms with van der Waals surface area (Å²) in [6.45, 7) is 4.72. The van der Waals surface area contributed by atoms with E-state index in [1.165, 1.54) is 49.5 Å². The molecule has 1 heterocycles. The molecule has 11 rings (SSSR count). The van der Waals surface area contributed by atoms with Crippen molar-refractivity contribution in [1.82, 2.24) is 0 Å². The molecular formula is C53H37NO. The summed E-state index contributed by atoms with van der Waals surface area (Å²) in [5.74, 6) is 0. The van der Waals surface area contributed by atoms with Crippen LogP contribution in [-0.4, -0.2) is 0 Å². The third-order valence-electron chi connectivity index (χ3n) is 11.8. The highest BCUT2D eigenvalue weighted by molar-refractivity contribution is 6.19. The van der Waals surface area contributed by atoms with Gasteiger partial charge in [0, 0.05) is 38.3 Å². The van der Waals surface area contributed by atoms with Crippen molar-refractivity contribution in [3.63, 3.8) is 0 Å². The van der Waals surface area contributed by atoms with Crippen molar-refractivity contribution >= 4 is 60.5 Å². The molecule has 9 aromatic carbocycles. The first-order chi connectivity index (χ1) is 27.0. The summed E-state index contributed by atoms with van der Waals surface area (Å²) in [6, 6.07) is 68.3. The van der Waals surface area contributed by atoms with Crippen LogP contribution in [0.1, 0.15) is 25.0 Å². The van der Waals surface area contributed by atoms with E-state index in [2.05, 4.69) is 207 Å². The summed E-state index contributed by atoms with van der Waals surface area (Å²) in [5, 5.41) is 7.00. The van der Waals surface area contributed by atoms with E-state index in [1.54, 1.807) is 0 Å². The highest BCUT2D eigenvalue weighted by atomic mass is 16.3. The number of hydrogen-bond donors (Lipinski definition) is 0. The lowest BCUT2D eigenvalue weighted by Crippen LogP contribution is -2.16. The summed E-state index contributed by atoms with van der Waals surface area (Å²) in [5.41, 5.74) is 15.4. The number of furan rings is 1. The Morgan fingerprint density at radius 2 is 1.09 bits per heavy atom. The predicted octanol–water partition coefficient (Wildman–Crippen LogP) is 15.0. The van der Waals surface area contributed by atoms with Crippen molar-refractivity contribution in [2.24, 2.45) is 0 Å². The first-order valence-electron chi connectivity index (χ1n) is 19.1. The molecule has 0 saturated heterocycles. The molecule has 0 radical (unpaired) electrons. The number of hydrogen-bond acceptors (Lipinski definition) is 2. The van der Waals surface area contributed by atoms with Crippen LogP contribution in [0.4, 0.5) is 17.1 Å². The molecule has 260 valence electrons. The van der Waals surface area contributed by atoms with Gasteiger partial charge in [0.15, 0.2) is 0 Å². The van der Waals surface area contributed by atoms with Gasteiger partial charge in [0.1, 0.15) is 11.2 Å². The zero-order chi connectivity index (χ0) is 36.7. The first-order valence-corrected chi connectivity index (χ1v) is 19.1. The molecule has 0 aliphatic heterocycles. The predicted molar refractivity (Wildman–Crippen MR) is 232 cm³/mol. The molecule has 1 aromatic heterocycles. The molecule has 2 nitrogen and oxygen atoms in total. The van der Waals surface area contributed by atoms with E-state index in [4.69, 9.17) is 4.42 Å². The smallest absolute Gasteiger partial charge is 0.143 e. The summed E-state index contributed by atoms with van der Waals surface area (Å²) >= 11 is 0. The molecule has 0 N–H and O–H groups in total. The Morgan fingerprint density at radius 3 is 1.96 bits per heavy atom. The summed E-state index contributed by atoms with van der Waals surface area (Å²) < 4.78 is 6.59. The molecule has 0 amide bonds. The van der Waals surface area contributed by atoms with E-state index >= 15 is 0 Å². The average Bonchev–Trinajstić information content (AvgIpc) is 3.74. The van der Waals surface area contributed by atoms with E-state index < -0.39 is 0 Å². The zero-order valence-corrected chi connectivity index (χ0v) is 30.8. The van der Waals surface area contributed by atoms with Crippen LogP contribution in [0.3, 0.4) is 0 Å². The van der Waals surface area contributed by atoms with E-state index in [0.717, 1.165) is 55.5 Å². The molecule has 0 unspecified atom stereocenters. The highest BCUT2D eigenvalue weighted by Gasteiger charge is 2.37. The molecule has 2 heteroatoms. The fourth-order valence-corrected chi connectivity index (χ4v) is 9.32. The summed E-state index contributed by atoms with van der Waals surface area (Å²) in [4.78, 5) is 2.41. The van der Waals surface area contributed by atoms with Gasteiger partial charge in [-0.25, -0.2) is 0 Å². The van der Waals surface area contributed by atoms with Crippen LogP contribution in [0.15, 0.2) is 192 Å². The van der Waals surface area contributed by atoms with Crippen LogP contribution in [0.2, 0.25) is 0 Å². The van der Waals surface area contributed by atoms with Gasteiger partial charge in [0.25, 0.3) is 0 Å². The summed E-state index contributed by atoms with van der Waals surface area (Å²) in [7, 11) is 0. The number of rotatable bonds is 5. The Labute approximate surface area is 320 Å². The molecule has 0 atom stereocenters. The number of benzene rings is 9. The molecular weight excluding hydrogens is 667 g/mol. The lowest BCUT2D eigenvalue weighted by atomic mass is 9.79. The molecule has 0 spiro atoms. The van der Waals surface area contributed by atoms with E-state index in [9.17, 15) is 0 Å². The van der Waals surface area contributed by atoms with Crippen molar-refractivity contribution in [3.05, 3.63) is 199 Å². The topological polar surface area (TPSA) is 16.4 Å². The van der Waals surface area contributed by atoms with E-state index in [-0.39, 0.29) is 5.41 Å². The fraction of sp³-hybridized carbons (Fsp3) is 0.0566. The Morgan fingerprint density at radius 1 is 0.436 bits per heavy atom. The molecule has 1 aliphatic carbocycles. The van der Waals surface area contributed by atoms with Crippen LogP contribution >= 0.6 is 0 Å². The van der Waals surface area contributed by atoms with Crippen LogP contribution in [-0.2, 0) is 5.41 Å². The number of nitrogens with zero attached hydrogens (tertiary/aromatic N) is 1. The lowest BCUT2D eigenvalue weighted by molar-refractivity contribution is 0.662. The first kappa shape index (κ1) is 31.6. The van der Waals surface area contributed by atoms with Gasteiger partial charge >= 0.3 is 0 Å². The minimum absolute atomic E-state index is 0.0904. The molecule has 55 heavy (non-hydrogen) atoms. The van der Waals surface area contributed by atoms with Crippen molar-refractivity contribution in [2.75, 3.05) is 4.90 Å². The van der Waals surface area contributed by atoms with Crippen molar-refractivity contribution in [2.45, 2.75) is 19.3 Å². The normalized spacial score (nSPS) is 13.1. The standard InChI is InChI=1S/C53H37NO/c1-53(2)47-24-8-7-20-44(47)45-23-11-22-42(51(45)53)36-27-30-38(31-28-36)54(48-25-10-15-34-13-3-5-18-40(34)48)39-17-9-16-37(33-39)41-21-12-26-49-50(41)46-32-29-35-14-4-6-19-43(35)52(46)55-49/h3-33H,1-2H3. The van der Waals surface area contributed by atoms with Crippen molar-refractivity contribution in [3.8, 4) is 33.4 Å². The van der Waals surface area contributed by atoms with Gasteiger partial charge in [-0.1, -0.05) is 159 Å². The minimum Gasteiger partial charge on any atom is -0.455 e. The van der Waals surface area contributed by atoms with Gasteiger partial charge in [-0.15, -0.1) is 0 Å². The second kappa shape index (κ2) is 12.1. The number of anilines is 3. The number of fused-ring (bicyclic) bond motifs is 9. The lowest BCUT2D eigenvalue weighted by Gasteiger charge is -2.28. The van der Waals surface area contributed by atoms with Crippen molar-refractivity contribution in [1.29, 1.82) is 0 Å². The van der Waals surface area contributed by atoms with E-state index in [0.29, 0.717) is 0 Å². The molecule has 0 bridgehead atoms. The monoisotopic (exact) mass is 703 g/mol. The maximum absolute atomic E-state index is 6.59. The second-order valence-electron chi connectivity index (χ2n) is 15.3. The van der Waals surface area contributed by atoms with Crippen LogP contribution in [0, 0.1) is 0 Å². The Bertz CT molecular complexity index is 3120. The third kappa shape index (κ3) is 4.81. The third-order valence-corrected chi connectivity index (χ3v) is 11.8. The highest BCUT2D eigenvalue weighted by Crippen LogP contribution is 2.52. The van der Waals surface area contributed by atoms with Gasteiger partial charge in [0.05, 0.1) is 5.69 Å².